The molecule has 0 fully saturated rings. The smallest absolute Gasteiger partial charge is 0.353 e. The van der Waals surface area contributed by atoms with Crippen molar-refractivity contribution < 1.29 is 13.7 Å². The molecule has 0 unspecified atom stereocenters. The fraction of sp³-hybridized carbons (Fsp3) is 0.0588. The highest BCUT2D eigenvalue weighted by Gasteiger charge is 2.23. The number of hydrogen-bond donors (Lipinski definition) is 2. The average Bonchev–Trinajstić information content (AvgIpc) is 2.64. The van der Waals surface area contributed by atoms with E-state index in [0.29, 0.717) is 5.02 Å². The van der Waals surface area contributed by atoms with Gasteiger partial charge in [0.15, 0.2) is 11.6 Å². The van der Waals surface area contributed by atoms with E-state index >= 15 is 0 Å². The van der Waals surface area contributed by atoms with Crippen molar-refractivity contribution in [2.75, 3.05) is 10.6 Å². The van der Waals surface area contributed by atoms with Crippen LogP contribution in [0, 0.1) is 21.7 Å². The van der Waals surface area contributed by atoms with Gasteiger partial charge in [0.05, 0.1) is 4.92 Å². The lowest BCUT2D eigenvalue weighted by Crippen LogP contribution is -2.08. The summed E-state index contributed by atoms with van der Waals surface area (Å²) in [5, 5.41) is 17.5. The lowest BCUT2D eigenvalue weighted by molar-refractivity contribution is -0.383. The summed E-state index contributed by atoms with van der Waals surface area (Å²) in [5.41, 5.74) is 0.393. The van der Waals surface area contributed by atoms with E-state index in [2.05, 4.69) is 20.6 Å². The van der Waals surface area contributed by atoms with Crippen molar-refractivity contribution >= 4 is 34.6 Å². The monoisotopic (exact) mass is 391 g/mol. The Balaban J connectivity index is 1.89. The molecule has 0 amide bonds. The van der Waals surface area contributed by atoms with Gasteiger partial charge in [0.25, 0.3) is 0 Å². The fourth-order valence-electron chi connectivity index (χ4n) is 2.30. The highest BCUT2D eigenvalue weighted by Crippen LogP contribution is 2.32. The first kappa shape index (κ1) is 18.5. The molecule has 7 nitrogen and oxygen atoms in total. The van der Waals surface area contributed by atoms with Gasteiger partial charge in [-0.2, -0.15) is 0 Å². The van der Waals surface area contributed by atoms with Crippen LogP contribution in [-0.2, 0) is 6.54 Å². The van der Waals surface area contributed by atoms with Gasteiger partial charge in [0.2, 0.25) is 11.6 Å². The Morgan fingerprint density at radius 3 is 2.52 bits per heavy atom. The zero-order chi connectivity index (χ0) is 19.4. The molecule has 1 aromatic heterocycles. The van der Waals surface area contributed by atoms with E-state index in [0.717, 1.165) is 24.0 Å². The minimum atomic E-state index is -1.09. The van der Waals surface area contributed by atoms with E-state index in [1.165, 1.54) is 6.07 Å². The molecule has 0 saturated heterocycles. The molecule has 0 aliphatic rings. The maximum absolute atomic E-state index is 13.4. The largest absolute Gasteiger partial charge is 0.360 e. The van der Waals surface area contributed by atoms with Gasteiger partial charge in [-0.1, -0.05) is 29.8 Å². The van der Waals surface area contributed by atoms with Crippen LogP contribution in [0.3, 0.4) is 0 Å². The summed E-state index contributed by atoms with van der Waals surface area (Å²) in [6, 6.07) is 10.0. The molecule has 0 aliphatic heterocycles. The second-order valence-electron chi connectivity index (χ2n) is 5.38. The molecule has 1 heterocycles. The number of rotatable bonds is 6. The van der Waals surface area contributed by atoms with Gasteiger partial charge in [-0.3, -0.25) is 10.1 Å². The molecule has 3 aromatic rings. The summed E-state index contributed by atoms with van der Waals surface area (Å²) in [6.45, 7) is 0.197. The van der Waals surface area contributed by atoms with E-state index in [1.807, 2.05) is 0 Å². The first-order valence-corrected chi connectivity index (χ1v) is 8.02. The summed E-state index contributed by atoms with van der Waals surface area (Å²) in [7, 11) is 0. The first-order valence-electron chi connectivity index (χ1n) is 7.64. The number of nitrogens with one attached hydrogen (secondary N) is 2. The molecule has 0 spiro atoms. The zero-order valence-corrected chi connectivity index (χ0v) is 14.4. The van der Waals surface area contributed by atoms with Gasteiger partial charge in [-0.25, -0.2) is 18.7 Å². The highest BCUT2D eigenvalue weighted by atomic mass is 35.5. The number of nitrogens with zero attached hydrogens (tertiary/aromatic N) is 3. The molecule has 10 heteroatoms. The van der Waals surface area contributed by atoms with Gasteiger partial charge in [0.1, 0.15) is 6.33 Å². The van der Waals surface area contributed by atoms with Crippen LogP contribution in [0.4, 0.5) is 31.8 Å². The molecule has 0 radical (unpaired) electrons. The van der Waals surface area contributed by atoms with E-state index in [4.69, 9.17) is 11.6 Å². The molecule has 0 saturated carbocycles. The Labute approximate surface area is 157 Å². The Bertz CT molecular complexity index is 1000. The molecule has 2 aromatic carbocycles. The first-order chi connectivity index (χ1) is 13.0. The topological polar surface area (TPSA) is 93.0 Å². The van der Waals surface area contributed by atoms with Gasteiger partial charge in [0, 0.05) is 23.3 Å². The van der Waals surface area contributed by atoms with Gasteiger partial charge in [-0.05, 0) is 23.8 Å². The maximum atomic E-state index is 13.4. The lowest BCUT2D eigenvalue weighted by Gasteiger charge is -2.11. The van der Waals surface area contributed by atoms with Crippen molar-refractivity contribution in [1.82, 2.24) is 9.97 Å². The maximum Gasteiger partial charge on any atom is 0.353 e. The second kappa shape index (κ2) is 7.92. The van der Waals surface area contributed by atoms with Crippen LogP contribution in [0.1, 0.15) is 5.56 Å². The van der Waals surface area contributed by atoms with Crippen molar-refractivity contribution in [2.45, 2.75) is 6.54 Å². The van der Waals surface area contributed by atoms with Crippen LogP contribution in [0.15, 0.2) is 48.8 Å². The summed E-state index contributed by atoms with van der Waals surface area (Å²) in [5.74, 6) is -2.32. The fourth-order valence-corrected chi connectivity index (χ4v) is 2.51. The van der Waals surface area contributed by atoms with Gasteiger partial charge < -0.3 is 10.6 Å². The van der Waals surface area contributed by atoms with Crippen LogP contribution in [0.5, 0.6) is 0 Å². The normalized spacial score (nSPS) is 10.5. The molecule has 27 heavy (non-hydrogen) atoms. The Morgan fingerprint density at radius 1 is 1.07 bits per heavy atom. The van der Waals surface area contributed by atoms with Crippen LogP contribution >= 0.6 is 11.6 Å². The molecule has 138 valence electrons. The number of halogens is 3. The molecule has 0 atom stereocenters. The van der Waals surface area contributed by atoms with Crippen molar-refractivity contribution in [1.29, 1.82) is 0 Å². The number of nitro groups is 1. The molecule has 0 aliphatic carbocycles. The van der Waals surface area contributed by atoms with Crippen LogP contribution in [0.25, 0.3) is 0 Å². The van der Waals surface area contributed by atoms with Crippen molar-refractivity contribution in [3.05, 3.63) is 81.1 Å². The quantitative estimate of drug-likeness (QED) is 0.468. The molecule has 2 N–H and O–H groups in total. The zero-order valence-electron chi connectivity index (χ0n) is 13.6. The average molecular weight is 392 g/mol. The summed E-state index contributed by atoms with van der Waals surface area (Å²) in [4.78, 5) is 18.6. The molecular formula is C17H12ClF2N5O2. The number of hydrogen-bond acceptors (Lipinski definition) is 6. The van der Waals surface area contributed by atoms with E-state index in [1.54, 1.807) is 24.3 Å². The SMILES string of the molecule is O=[N+]([O-])c1c(NCc2ccccc2Cl)ncnc1Nc1ccc(F)c(F)c1. The minimum Gasteiger partial charge on any atom is -0.360 e. The van der Waals surface area contributed by atoms with E-state index in [-0.39, 0.29) is 23.9 Å². The standard InChI is InChI=1S/C17H12ClF2N5O2/c18-12-4-2-1-3-10(12)8-21-16-15(25(26)27)17(23-9-22-16)24-11-5-6-13(19)14(20)7-11/h1-7,9H,8H2,(H2,21,22,23,24). The van der Waals surface area contributed by atoms with Crippen molar-refractivity contribution in [3.63, 3.8) is 0 Å². The van der Waals surface area contributed by atoms with Crippen molar-refractivity contribution in [3.8, 4) is 0 Å². The van der Waals surface area contributed by atoms with Crippen LogP contribution < -0.4 is 10.6 Å². The van der Waals surface area contributed by atoms with Gasteiger partial charge in [-0.15, -0.1) is 0 Å². The third-order valence-electron chi connectivity index (χ3n) is 3.59. The van der Waals surface area contributed by atoms with Crippen molar-refractivity contribution in [2.24, 2.45) is 0 Å². The van der Waals surface area contributed by atoms with Gasteiger partial charge >= 0.3 is 5.69 Å². The Morgan fingerprint density at radius 2 is 1.81 bits per heavy atom. The lowest BCUT2D eigenvalue weighted by atomic mass is 10.2. The van der Waals surface area contributed by atoms with Crippen LogP contribution in [-0.4, -0.2) is 14.9 Å². The number of aromatic nitrogens is 2. The minimum absolute atomic E-state index is 0.0417. The third-order valence-corrected chi connectivity index (χ3v) is 3.96. The highest BCUT2D eigenvalue weighted by molar-refractivity contribution is 6.31. The second-order valence-corrected chi connectivity index (χ2v) is 5.78. The predicted octanol–water partition coefficient (Wildman–Crippen LogP) is 4.67. The summed E-state index contributed by atoms with van der Waals surface area (Å²) in [6.07, 6.45) is 1.12. The predicted molar refractivity (Wildman–Crippen MR) is 97.1 cm³/mol. The Kier molecular flexibility index (Phi) is 5.41. The summed E-state index contributed by atoms with van der Waals surface area (Å²) >= 11 is 6.07. The molecule has 3 rings (SSSR count). The molecule has 0 bridgehead atoms. The van der Waals surface area contributed by atoms with E-state index in [9.17, 15) is 18.9 Å². The van der Waals surface area contributed by atoms with Crippen LogP contribution in [0.2, 0.25) is 5.02 Å². The van der Waals surface area contributed by atoms with E-state index < -0.39 is 22.2 Å². The number of anilines is 3. The Hall–Kier alpha value is -3.33. The number of benzene rings is 2. The molecular weight excluding hydrogens is 380 g/mol. The third kappa shape index (κ3) is 4.26. The summed E-state index contributed by atoms with van der Waals surface area (Å²) < 4.78 is 26.4.